The summed E-state index contributed by atoms with van der Waals surface area (Å²) in [6, 6.07) is 0.593. The number of carbonyl (C=O) groups is 2. The molecule has 20 heavy (non-hydrogen) atoms. The standard InChI is InChI=1S/C12H15BrN2O4S/c1-14(5-9-2-7(13)6-20-9)12(19)15-4-8(16)3-10(15)11(17)18/h2,6,8,10,16H,3-5H2,1H3,(H,17,18). The summed E-state index contributed by atoms with van der Waals surface area (Å²) >= 11 is 4.87. The van der Waals surface area contributed by atoms with Gasteiger partial charge in [-0.2, -0.15) is 0 Å². The number of hydrogen-bond donors (Lipinski definition) is 2. The quantitative estimate of drug-likeness (QED) is 0.855. The van der Waals surface area contributed by atoms with Crippen molar-refractivity contribution in [3.8, 4) is 0 Å². The van der Waals surface area contributed by atoms with Crippen molar-refractivity contribution < 1.29 is 19.8 Å². The van der Waals surface area contributed by atoms with Crippen molar-refractivity contribution in [3.63, 3.8) is 0 Å². The monoisotopic (exact) mass is 362 g/mol. The Morgan fingerprint density at radius 2 is 2.30 bits per heavy atom. The van der Waals surface area contributed by atoms with Gasteiger partial charge in [-0.05, 0) is 22.0 Å². The average Bonchev–Trinajstić information content (AvgIpc) is 2.94. The van der Waals surface area contributed by atoms with Gasteiger partial charge in [0.15, 0.2) is 0 Å². The zero-order valence-corrected chi connectivity index (χ0v) is 13.2. The minimum atomic E-state index is -1.08. The van der Waals surface area contributed by atoms with Gasteiger partial charge in [0.25, 0.3) is 0 Å². The van der Waals surface area contributed by atoms with Crippen molar-refractivity contribution in [3.05, 3.63) is 20.8 Å². The third-order valence-electron chi connectivity index (χ3n) is 3.15. The van der Waals surface area contributed by atoms with Crippen LogP contribution in [0, 0.1) is 0 Å². The molecule has 1 aromatic heterocycles. The number of carbonyl (C=O) groups excluding carboxylic acids is 1. The first-order valence-corrected chi connectivity index (χ1v) is 7.71. The fourth-order valence-electron chi connectivity index (χ4n) is 2.22. The van der Waals surface area contributed by atoms with Crippen molar-refractivity contribution in [2.75, 3.05) is 13.6 Å². The summed E-state index contributed by atoms with van der Waals surface area (Å²) in [6.07, 6.45) is -0.691. The molecule has 0 aliphatic carbocycles. The second kappa shape index (κ2) is 6.11. The highest BCUT2D eigenvalue weighted by Gasteiger charge is 2.40. The van der Waals surface area contributed by atoms with Crippen LogP contribution in [-0.2, 0) is 11.3 Å². The van der Waals surface area contributed by atoms with Gasteiger partial charge in [-0.15, -0.1) is 11.3 Å². The number of urea groups is 1. The largest absolute Gasteiger partial charge is 0.480 e. The normalized spacial score (nSPS) is 22.1. The molecule has 0 aromatic carbocycles. The lowest BCUT2D eigenvalue weighted by atomic mass is 10.2. The molecule has 0 radical (unpaired) electrons. The number of amides is 2. The average molecular weight is 363 g/mol. The number of β-amino-alcohol motifs (C(OH)–C–C–N with tert-alkyl or cyclic N) is 1. The van der Waals surface area contributed by atoms with Crippen molar-refractivity contribution in [1.29, 1.82) is 0 Å². The molecular formula is C12H15BrN2O4S. The highest BCUT2D eigenvalue weighted by Crippen LogP contribution is 2.23. The number of rotatable bonds is 3. The van der Waals surface area contributed by atoms with Crippen LogP contribution in [0.1, 0.15) is 11.3 Å². The fraction of sp³-hybridized carbons (Fsp3) is 0.500. The van der Waals surface area contributed by atoms with E-state index in [1.807, 2.05) is 11.4 Å². The van der Waals surface area contributed by atoms with Gasteiger partial charge in [-0.25, -0.2) is 9.59 Å². The first-order valence-electron chi connectivity index (χ1n) is 6.04. The van der Waals surface area contributed by atoms with Crippen LogP contribution in [0.15, 0.2) is 15.9 Å². The third kappa shape index (κ3) is 3.31. The first kappa shape index (κ1) is 15.3. The van der Waals surface area contributed by atoms with E-state index in [2.05, 4.69) is 15.9 Å². The van der Waals surface area contributed by atoms with Gasteiger partial charge in [0, 0.05) is 34.7 Å². The zero-order valence-electron chi connectivity index (χ0n) is 10.8. The maximum absolute atomic E-state index is 12.3. The Kier molecular flexibility index (Phi) is 4.66. The third-order valence-corrected chi connectivity index (χ3v) is 4.83. The van der Waals surface area contributed by atoms with E-state index in [0.29, 0.717) is 6.54 Å². The van der Waals surface area contributed by atoms with Crippen LogP contribution in [0.5, 0.6) is 0 Å². The number of aliphatic carboxylic acids is 1. The molecule has 1 saturated heterocycles. The van der Waals surface area contributed by atoms with Gasteiger partial charge >= 0.3 is 12.0 Å². The summed E-state index contributed by atoms with van der Waals surface area (Å²) in [4.78, 5) is 27.1. The maximum Gasteiger partial charge on any atom is 0.326 e. The molecule has 110 valence electrons. The van der Waals surface area contributed by atoms with E-state index in [4.69, 9.17) is 5.11 Å². The molecule has 1 aromatic rings. The maximum atomic E-state index is 12.3. The van der Waals surface area contributed by atoms with Crippen molar-refractivity contribution in [2.45, 2.75) is 25.1 Å². The predicted molar refractivity (Wildman–Crippen MR) is 77.6 cm³/mol. The molecule has 1 aliphatic rings. The first-order chi connectivity index (χ1) is 9.38. The van der Waals surface area contributed by atoms with E-state index in [0.717, 1.165) is 9.35 Å². The summed E-state index contributed by atoms with van der Waals surface area (Å²) in [6.45, 7) is 0.475. The number of carboxylic acids is 1. The lowest BCUT2D eigenvalue weighted by molar-refractivity contribution is -0.141. The smallest absolute Gasteiger partial charge is 0.326 e. The number of carboxylic acid groups (broad SMARTS) is 1. The van der Waals surface area contributed by atoms with Gasteiger partial charge in [0.05, 0.1) is 12.6 Å². The van der Waals surface area contributed by atoms with Crippen LogP contribution in [0.3, 0.4) is 0 Å². The van der Waals surface area contributed by atoms with E-state index in [1.165, 1.54) is 21.1 Å². The van der Waals surface area contributed by atoms with Gasteiger partial charge in [-0.3, -0.25) is 0 Å². The van der Waals surface area contributed by atoms with Crippen molar-refractivity contribution in [2.24, 2.45) is 0 Å². The molecule has 1 fully saturated rings. The molecule has 1 aliphatic heterocycles. The van der Waals surface area contributed by atoms with Crippen LogP contribution < -0.4 is 0 Å². The van der Waals surface area contributed by atoms with Gasteiger partial charge in [-0.1, -0.05) is 0 Å². The number of hydrogen-bond acceptors (Lipinski definition) is 4. The molecule has 0 saturated carbocycles. The molecule has 2 rings (SSSR count). The van der Waals surface area contributed by atoms with Crippen molar-refractivity contribution >= 4 is 39.3 Å². The highest BCUT2D eigenvalue weighted by atomic mass is 79.9. The molecule has 2 amide bonds. The Labute approximate surface area is 128 Å². The van der Waals surface area contributed by atoms with E-state index < -0.39 is 18.1 Å². The van der Waals surface area contributed by atoms with Crippen LogP contribution in [0.4, 0.5) is 4.79 Å². The van der Waals surface area contributed by atoms with Crippen molar-refractivity contribution in [1.82, 2.24) is 9.80 Å². The minimum absolute atomic E-state index is 0.0638. The lowest BCUT2D eigenvalue weighted by Gasteiger charge is -2.27. The number of likely N-dealkylation sites (tertiary alicyclic amines) is 1. The molecule has 8 heteroatoms. The minimum Gasteiger partial charge on any atom is -0.480 e. The summed E-state index contributed by atoms with van der Waals surface area (Å²) in [5.41, 5.74) is 0. The number of thiophene rings is 1. The number of halogens is 1. The van der Waals surface area contributed by atoms with Crippen LogP contribution in [0.2, 0.25) is 0 Å². The molecule has 2 unspecified atom stereocenters. The molecule has 2 heterocycles. The molecular weight excluding hydrogens is 348 g/mol. The fourth-order valence-corrected chi connectivity index (χ4v) is 3.72. The number of nitrogens with zero attached hydrogens (tertiary/aromatic N) is 2. The highest BCUT2D eigenvalue weighted by molar-refractivity contribution is 9.10. The summed E-state index contributed by atoms with van der Waals surface area (Å²) in [5, 5.41) is 20.6. The zero-order chi connectivity index (χ0) is 14.9. The Balaban J connectivity index is 2.04. The topological polar surface area (TPSA) is 81.1 Å². The molecule has 6 nitrogen and oxygen atoms in total. The second-order valence-corrected chi connectivity index (χ2v) is 6.68. The van der Waals surface area contributed by atoms with Crippen LogP contribution in [-0.4, -0.2) is 57.8 Å². The molecule has 0 spiro atoms. The Morgan fingerprint density at radius 1 is 1.60 bits per heavy atom. The predicted octanol–water partition coefficient (Wildman–Crippen LogP) is 1.58. The molecule has 0 bridgehead atoms. The van der Waals surface area contributed by atoms with E-state index >= 15 is 0 Å². The lowest BCUT2D eigenvalue weighted by Crippen LogP contribution is -2.46. The summed E-state index contributed by atoms with van der Waals surface area (Å²) in [5.74, 6) is -1.08. The number of aliphatic hydroxyl groups excluding tert-OH is 1. The summed E-state index contributed by atoms with van der Waals surface area (Å²) < 4.78 is 0.957. The molecule has 2 N–H and O–H groups in total. The number of aliphatic hydroxyl groups is 1. The Hall–Kier alpha value is -1.12. The van der Waals surface area contributed by atoms with Gasteiger partial charge in [0.2, 0.25) is 0 Å². The van der Waals surface area contributed by atoms with Gasteiger partial charge < -0.3 is 20.0 Å². The van der Waals surface area contributed by atoms with E-state index in [9.17, 15) is 14.7 Å². The SMILES string of the molecule is CN(Cc1cc(Br)cs1)C(=O)N1CC(O)CC1C(=O)O. The molecule has 2 atom stereocenters. The van der Waals surface area contributed by atoms with E-state index in [-0.39, 0.29) is 19.0 Å². The van der Waals surface area contributed by atoms with E-state index in [1.54, 1.807) is 7.05 Å². The van der Waals surface area contributed by atoms with Crippen LogP contribution >= 0.6 is 27.3 Å². The van der Waals surface area contributed by atoms with Crippen LogP contribution in [0.25, 0.3) is 0 Å². The Morgan fingerprint density at radius 3 is 2.85 bits per heavy atom. The summed E-state index contributed by atoms with van der Waals surface area (Å²) in [7, 11) is 1.62. The van der Waals surface area contributed by atoms with Gasteiger partial charge in [0.1, 0.15) is 6.04 Å². The second-order valence-electron chi connectivity index (χ2n) is 4.77. The Bertz CT molecular complexity index is 521.